The number of aryl methyl sites for hydroxylation is 1. The lowest BCUT2D eigenvalue weighted by molar-refractivity contribution is -0.139. The van der Waals surface area contributed by atoms with E-state index in [-0.39, 0.29) is 38.6 Å². The normalized spacial score (nSPS) is 12.0. The minimum absolute atomic E-state index is 0.0159. The summed E-state index contributed by atoms with van der Waals surface area (Å²) < 4.78 is 29.1. The van der Waals surface area contributed by atoms with E-state index in [1.807, 2.05) is 37.3 Å². The molecule has 12 heteroatoms. The van der Waals surface area contributed by atoms with Gasteiger partial charge in [-0.25, -0.2) is 8.42 Å². The zero-order valence-corrected chi connectivity index (χ0v) is 27.6. The van der Waals surface area contributed by atoms with E-state index >= 15 is 0 Å². The molecule has 0 saturated heterocycles. The third-order valence-electron chi connectivity index (χ3n) is 6.92. The molecule has 1 N–H and O–H groups in total. The smallest absolute Gasteiger partial charge is 0.264 e. The Balaban J connectivity index is 1.83. The summed E-state index contributed by atoms with van der Waals surface area (Å²) in [6.07, 6.45) is 0.163. The Labute approximate surface area is 277 Å². The molecule has 0 aliphatic carbocycles. The average molecular weight is 693 g/mol. The van der Waals surface area contributed by atoms with Gasteiger partial charge in [-0.2, -0.15) is 0 Å². The number of anilines is 1. The molecule has 0 saturated carbocycles. The molecular weight excluding hydrogens is 664 g/mol. The maximum Gasteiger partial charge on any atom is 0.264 e. The van der Waals surface area contributed by atoms with Crippen LogP contribution >= 0.6 is 46.4 Å². The standard InChI is InChI=1S/C32H29Cl4N3O4S/c1-21-8-12-25(13-9-21)44(42,43)39(29-18-24(33)11-15-27(29)35)20-31(40)38(19-23-10-14-26(34)28(36)16-23)30(32(41)37-2)17-22-6-4-3-5-7-22/h3-16,18,30H,17,19-20H2,1-2H3,(H,37,41)/t30-/m1/s1. The van der Waals surface area contributed by atoms with Crippen molar-refractivity contribution >= 4 is 73.9 Å². The largest absolute Gasteiger partial charge is 0.357 e. The van der Waals surface area contributed by atoms with E-state index < -0.39 is 34.4 Å². The van der Waals surface area contributed by atoms with Crippen LogP contribution in [0.25, 0.3) is 0 Å². The number of benzene rings is 4. The van der Waals surface area contributed by atoms with Crippen molar-refractivity contribution in [3.63, 3.8) is 0 Å². The number of likely N-dealkylation sites (N-methyl/N-ethyl adjacent to an activating group) is 1. The summed E-state index contributed by atoms with van der Waals surface area (Å²) in [7, 11) is -2.86. The summed E-state index contributed by atoms with van der Waals surface area (Å²) in [5.41, 5.74) is 2.26. The maximum absolute atomic E-state index is 14.4. The molecule has 4 aromatic carbocycles. The first kappa shape index (κ1) is 33.6. The second-order valence-electron chi connectivity index (χ2n) is 10.0. The first-order valence-corrected chi connectivity index (χ1v) is 16.4. The summed E-state index contributed by atoms with van der Waals surface area (Å²) in [6.45, 7) is 1.08. The highest BCUT2D eigenvalue weighted by atomic mass is 35.5. The first-order valence-electron chi connectivity index (χ1n) is 13.4. The van der Waals surface area contributed by atoms with Gasteiger partial charge < -0.3 is 10.2 Å². The molecule has 0 radical (unpaired) electrons. The van der Waals surface area contributed by atoms with Gasteiger partial charge in [0.15, 0.2) is 0 Å². The number of halogens is 4. The van der Waals surface area contributed by atoms with Crippen LogP contribution in [0.5, 0.6) is 0 Å². The van der Waals surface area contributed by atoms with Gasteiger partial charge in [-0.05, 0) is 60.5 Å². The number of sulfonamides is 1. The van der Waals surface area contributed by atoms with Crippen LogP contribution in [-0.2, 0) is 32.6 Å². The number of hydrogen-bond donors (Lipinski definition) is 1. The highest BCUT2D eigenvalue weighted by molar-refractivity contribution is 7.92. The fourth-order valence-corrected chi connectivity index (χ4v) is 6.76. The van der Waals surface area contributed by atoms with Gasteiger partial charge in [0.25, 0.3) is 10.0 Å². The Morgan fingerprint density at radius 2 is 1.45 bits per heavy atom. The van der Waals surface area contributed by atoms with Crippen molar-refractivity contribution in [2.75, 3.05) is 17.9 Å². The van der Waals surface area contributed by atoms with Gasteiger partial charge in [0.2, 0.25) is 11.8 Å². The summed E-state index contributed by atoms with van der Waals surface area (Å²) in [5.74, 6) is -1.09. The van der Waals surface area contributed by atoms with Crippen molar-refractivity contribution in [1.82, 2.24) is 10.2 Å². The molecule has 4 rings (SSSR count). The predicted octanol–water partition coefficient (Wildman–Crippen LogP) is 7.19. The van der Waals surface area contributed by atoms with Gasteiger partial charge in [0, 0.05) is 25.0 Å². The number of nitrogens with one attached hydrogen (secondary N) is 1. The monoisotopic (exact) mass is 691 g/mol. The summed E-state index contributed by atoms with van der Waals surface area (Å²) in [6, 6.07) is 23.6. The lowest BCUT2D eigenvalue weighted by Crippen LogP contribution is -2.53. The molecule has 0 aliphatic rings. The second-order valence-corrected chi connectivity index (χ2v) is 13.5. The number of nitrogens with zero attached hydrogens (tertiary/aromatic N) is 2. The number of hydrogen-bond acceptors (Lipinski definition) is 4. The van der Waals surface area contributed by atoms with E-state index in [4.69, 9.17) is 46.4 Å². The van der Waals surface area contributed by atoms with E-state index in [2.05, 4.69) is 5.32 Å². The highest BCUT2D eigenvalue weighted by Crippen LogP contribution is 2.33. The second kappa shape index (κ2) is 14.7. The molecule has 0 bridgehead atoms. The molecule has 1 atom stereocenters. The molecule has 230 valence electrons. The molecule has 2 amide bonds. The van der Waals surface area contributed by atoms with Crippen molar-refractivity contribution in [1.29, 1.82) is 0 Å². The Bertz CT molecular complexity index is 1750. The molecule has 0 aromatic heterocycles. The van der Waals surface area contributed by atoms with Crippen LogP contribution in [0.1, 0.15) is 16.7 Å². The molecule has 4 aromatic rings. The lowest BCUT2D eigenvalue weighted by atomic mass is 10.0. The number of rotatable bonds is 11. The van der Waals surface area contributed by atoms with Crippen molar-refractivity contribution in [2.24, 2.45) is 0 Å². The fraction of sp³-hybridized carbons (Fsp3) is 0.188. The van der Waals surface area contributed by atoms with Gasteiger partial charge in [-0.1, -0.05) is 100 Å². The Morgan fingerprint density at radius 3 is 2.09 bits per heavy atom. The zero-order valence-electron chi connectivity index (χ0n) is 23.8. The van der Waals surface area contributed by atoms with Crippen LogP contribution in [0.4, 0.5) is 5.69 Å². The first-order chi connectivity index (χ1) is 20.9. The van der Waals surface area contributed by atoms with E-state index in [1.54, 1.807) is 30.3 Å². The summed E-state index contributed by atoms with van der Waals surface area (Å²) in [4.78, 5) is 29.0. The molecule has 7 nitrogen and oxygen atoms in total. The Morgan fingerprint density at radius 1 is 0.795 bits per heavy atom. The van der Waals surface area contributed by atoms with Gasteiger partial charge in [-0.3, -0.25) is 13.9 Å². The van der Waals surface area contributed by atoms with Crippen LogP contribution < -0.4 is 9.62 Å². The van der Waals surface area contributed by atoms with E-state index in [1.165, 1.54) is 42.3 Å². The van der Waals surface area contributed by atoms with Gasteiger partial charge >= 0.3 is 0 Å². The third-order valence-corrected chi connectivity index (χ3v) is 9.99. The van der Waals surface area contributed by atoms with Crippen LogP contribution in [0.3, 0.4) is 0 Å². The molecule has 0 aliphatic heterocycles. The number of carbonyl (C=O) groups is 2. The summed E-state index contributed by atoms with van der Waals surface area (Å²) in [5, 5.41) is 3.53. The summed E-state index contributed by atoms with van der Waals surface area (Å²) >= 11 is 25.2. The van der Waals surface area contributed by atoms with Gasteiger partial charge in [0.1, 0.15) is 12.6 Å². The quantitative estimate of drug-likeness (QED) is 0.180. The van der Waals surface area contributed by atoms with Crippen molar-refractivity contribution in [2.45, 2.75) is 30.8 Å². The van der Waals surface area contributed by atoms with E-state index in [0.717, 1.165) is 15.4 Å². The fourth-order valence-electron chi connectivity index (χ4n) is 4.58. The van der Waals surface area contributed by atoms with E-state index in [9.17, 15) is 18.0 Å². The molecule has 0 fully saturated rings. The molecule has 0 unspecified atom stereocenters. The lowest BCUT2D eigenvalue weighted by Gasteiger charge is -2.34. The highest BCUT2D eigenvalue weighted by Gasteiger charge is 2.35. The van der Waals surface area contributed by atoms with Gasteiger partial charge in [-0.15, -0.1) is 0 Å². The minimum atomic E-state index is -4.33. The average Bonchev–Trinajstić information content (AvgIpc) is 3.01. The Kier molecular flexibility index (Phi) is 11.2. The minimum Gasteiger partial charge on any atom is -0.357 e. The number of carbonyl (C=O) groups excluding carboxylic acids is 2. The molecule has 0 heterocycles. The maximum atomic E-state index is 14.4. The van der Waals surface area contributed by atoms with Crippen LogP contribution in [-0.4, -0.2) is 44.8 Å². The van der Waals surface area contributed by atoms with Crippen molar-refractivity contribution < 1.29 is 18.0 Å². The topological polar surface area (TPSA) is 86.8 Å². The molecule has 0 spiro atoms. The molecule has 44 heavy (non-hydrogen) atoms. The number of amides is 2. The predicted molar refractivity (Wildman–Crippen MR) is 177 cm³/mol. The SMILES string of the molecule is CNC(=O)[C@@H](Cc1ccccc1)N(Cc1ccc(Cl)c(Cl)c1)C(=O)CN(c1cc(Cl)ccc1Cl)S(=O)(=O)c1ccc(C)cc1. The third kappa shape index (κ3) is 8.06. The zero-order chi connectivity index (χ0) is 32.0. The van der Waals surface area contributed by atoms with Crippen molar-refractivity contribution in [3.05, 3.63) is 128 Å². The van der Waals surface area contributed by atoms with Crippen LogP contribution in [0.2, 0.25) is 20.1 Å². The van der Waals surface area contributed by atoms with E-state index in [0.29, 0.717) is 10.6 Å². The van der Waals surface area contributed by atoms with Crippen molar-refractivity contribution in [3.8, 4) is 0 Å². The molecular formula is C32H29Cl4N3O4S. The van der Waals surface area contributed by atoms with Crippen LogP contribution in [0, 0.1) is 6.92 Å². The Hall–Kier alpha value is -3.27. The van der Waals surface area contributed by atoms with Gasteiger partial charge in [0.05, 0.1) is 25.7 Å². The van der Waals surface area contributed by atoms with Crippen LogP contribution in [0.15, 0.2) is 95.9 Å².